The molecule has 2 fully saturated rings. The van der Waals surface area contributed by atoms with Crippen molar-refractivity contribution in [3.63, 3.8) is 0 Å². The van der Waals surface area contributed by atoms with Crippen LogP contribution >= 0.6 is 0 Å². The predicted molar refractivity (Wildman–Crippen MR) is 85.3 cm³/mol. The highest BCUT2D eigenvalue weighted by molar-refractivity contribution is 5.68. The van der Waals surface area contributed by atoms with Crippen molar-refractivity contribution in [3.8, 4) is 0 Å². The lowest BCUT2D eigenvalue weighted by Gasteiger charge is -2.32. The molecule has 122 valence electrons. The molecule has 2 aliphatic rings. The minimum Gasteiger partial charge on any atom is -0.444 e. The van der Waals surface area contributed by atoms with Gasteiger partial charge in [-0.05, 0) is 71.3 Å². The minimum atomic E-state index is -0.411. The Balaban J connectivity index is 1.69. The average Bonchev–Trinajstić information content (AvgIpc) is 2.73. The topological polar surface area (TPSA) is 41.6 Å². The Labute approximate surface area is 129 Å². The van der Waals surface area contributed by atoms with Crippen LogP contribution in [0.25, 0.3) is 0 Å². The van der Waals surface area contributed by atoms with E-state index in [2.05, 4.69) is 17.1 Å². The van der Waals surface area contributed by atoms with Crippen LogP contribution in [0.3, 0.4) is 0 Å². The number of carbonyl (C=O) groups excluding carboxylic acids is 1. The third kappa shape index (κ3) is 5.85. The van der Waals surface area contributed by atoms with Gasteiger partial charge in [-0.1, -0.05) is 6.92 Å². The third-order valence-electron chi connectivity index (χ3n) is 4.52. The van der Waals surface area contributed by atoms with Crippen molar-refractivity contribution in [1.82, 2.24) is 10.2 Å². The Morgan fingerprint density at radius 1 is 1.29 bits per heavy atom. The fourth-order valence-electron chi connectivity index (χ4n) is 3.66. The van der Waals surface area contributed by atoms with Crippen LogP contribution in [0.1, 0.15) is 59.8 Å². The number of rotatable bonds is 3. The predicted octanol–water partition coefficient (Wildman–Crippen LogP) is 3.41. The summed E-state index contributed by atoms with van der Waals surface area (Å²) < 4.78 is 5.34. The number of nitrogens with zero attached hydrogens (tertiary/aromatic N) is 1. The van der Waals surface area contributed by atoms with Crippen LogP contribution in [0.4, 0.5) is 4.79 Å². The molecular formula is C17H32N2O2. The van der Waals surface area contributed by atoms with E-state index < -0.39 is 5.60 Å². The average molecular weight is 296 g/mol. The van der Waals surface area contributed by atoms with E-state index in [9.17, 15) is 4.79 Å². The van der Waals surface area contributed by atoms with Gasteiger partial charge in [0.05, 0.1) is 0 Å². The highest BCUT2D eigenvalue weighted by Gasteiger charge is 2.29. The second kappa shape index (κ2) is 6.99. The molecule has 1 aliphatic carbocycles. The molecule has 0 spiro atoms. The number of alkyl carbamates (subject to hydrolysis) is 1. The summed E-state index contributed by atoms with van der Waals surface area (Å²) in [6, 6.07) is 0.298. The summed E-state index contributed by atoms with van der Waals surface area (Å²) >= 11 is 0. The summed E-state index contributed by atoms with van der Waals surface area (Å²) in [5, 5.41) is 3.03. The second-order valence-corrected chi connectivity index (χ2v) is 8.03. The van der Waals surface area contributed by atoms with Gasteiger partial charge in [-0.25, -0.2) is 4.79 Å². The molecule has 1 saturated heterocycles. The zero-order valence-electron chi connectivity index (χ0n) is 14.2. The van der Waals surface area contributed by atoms with E-state index in [0.29, 0.717) is 6.04 Å². The van der Waals surface area contributed by atoms with E-state index in [1.807, 2.05) is 20.8 Å². The molecule has 0 aromatic heterocycles. The molecule has 1 heterocycles. The molecule has 0 radical (unpaired) electrons. The van der Waals surface area contributed by atoms with Crippen molar-refractivity contribution in [2.24, 2.45) is 11.8 Å². The molecule has 0 bridgehead atoms. The number of amides is 1. The van der Waals surface area contributed by atoms with Crippen molar-refractivity contribution < 1.29 is 9.53 Å². The molecule has 21 heavy (non-hydrogen) atoms. The Kier molecular flexibility index (Phi) is 5.53. The van der Waals surface area contributed by atoms with Crippen molar-refractivity contribution in [2.45, 2.75) is 71.4 Å². The zero-order valence-corrected chi connectivity index (χ0v) is 14.2. The summed E-state index contributed by atoms with van der Waals surface area (Å²) in [6.45, 7) is 11.8. The van der Waals surface area contributed by atoms with Gasteiger partial charge in [0.15, 0.2) is 0 Å². The lowest BCUT2D eigenvalue weighted by atomic mass is 9.98. The molecule has 1 N–H and O–H groups in total. The van der Waals surface area contributed by atoms with E-state index in [1.54, 1.807) is 0 Å². The van der Waals surface area contributed by atoms with Gasteiger partial charge in [0.1, 0.15) is 5.60 Å². The minimum absolute atomic E-state index is 0.264. The molecule has 2 rings (SSSR count). The van der Waals surface area contributed by atoms with Gasteiger partial charge < -0.3 is 15.0 Å². The SMILES string of the molecule is CC1CCCN(C[C@H]2CCC(NC(=O)OC(C)(C)C)C2)C1. The zero-order chi connectivity index (χ0) is 15.5. The number of hydrogen-bond donors (Lipinski definition) is 1. The maximum absolute atomic E-state index is 11.8. The first-order valence-electron chi connectivity index (χ1n) is 8.53. The maximum atomic E-state index is 11.8. The Hall–Kier alpha value is -0.770. The van der Waals surface area contributed by atoms with Crippen molar-refractivity contribution in [3.05, 3.63) is 0 Å². The van der Waals surface area contributed by atoms with E-state index in [1.165, 1.54) is 38.9 Å². The fourth-order valence-corrected chi connectivity index (χ4v) is 3.66. The van der Waals surface area contributed by atoms with Gasteiger partial charge in [-0.2, -0.15) is 0 Å². The van der Waals surface area contributed by atoms with Gasteiger partial charge in [-0.15, -0.1) is 0 Å². The third-order valence-corrected chi connectivity index (χ3v) is 4.52. The van der Waals surface area contributed by atoms with Crippen LogP contribution < -0.4 is 5.32 Å². The van der Waals surface area contributed by atoms with Crippen LogP contribution in [-0.2, 0) is 4.74 Å². The van der Waals surface area contributed by atoms with Crippen molar-refractivity contribution >= 4 is 6.09 Å². The lowest BCUT2D eigenvalue weighted by Crippen LogP contribution is -2.39. The smallest absolute Gasteiger partial charge is 0.407 e. The Bertz CT molecular complexity index is 351. The van der Waals surface area contributed by atoms with Crippen molar-refractivity contribution in [2.75, 3.05) is 19.6 Å². The first-order valence-corrected chi connectivity index (χ1v) is 8.53. The number of likely N-dealkylation sites (tertiary alicyclic amines) is 1. The largest absolute Gasteiger partial charge is 0.444 e. The molecule has 1 saturated carbocycles. The molecule has 0 aromatic carbocycles. The Morgan fingerprint density at radius 3 is 2.71 bits per heavy atom. The van der Waals surface area contributed by atoms with Gasteiger partial charge >= 0.3 is 6.09 Å². The molecule has 4 nitrogen and oxygen atoms in total. The van der Waals surface area contributed by atoms with Crippen molar-refractivity contribution in [1.29, 1.82) is 0 Å². The monoisotopic (exact) mass is 296 g/mol. The molecule has 1 amide bonds. The molecular weight excluding hydrogens is 264 g/mol. The van der Waals surface area contributed by atoms with Crippen LogP contribution in [-0.4, -0.2) is 42.3 Å². The lowest BCUT2D eigenvalue weighted by molar-refractivity contribution is 0.0504. The number of nitrogens with one attached hydrogen (secondary N) is 1. The summed E-state index contributed by atoms with van der Waals surface area (Å²) in [5.74, 6) is 1.58. The van der Waals surface area contributed by atoms with Crippen LogP contribution in [0.5, 0.6) is 0 Å². The summed E-state index contributed by atoms with van der Waals surface area (Å²) in [5.41, 5.74) is -0.411. The number of piperidine rings is 1. The highest BCUT2D eigenvalue weighted by atomic mass is 16.6. The number of ether oxygens (including phenoxy) is 1. The van der Waals surface area contributed by atoms with E-state index in [0.717, 1.165) is 24.7 Å². The standard InChI is InChI=1S/C17H32N2O2/c1-13-6-5-9-19(11-13)12-14-7-8-15(10-14)18-16(20)21-17(2,3)4/h13-15H,5-12H2,1-4H3,(H,18,20)/t13?,14-,15?/m0/s1. The molecule has 2 unspecified atom stereocenters. The van der Waals surface area contributed by atoms with E-state index >= 15 is 0 Å². The summed E-state index contributed by atoms with van der Waals surface area (Å²) in [6.07, 6.45) is 5.87. The normalized spacial score (nSPS) is 31.1. The van der Waals surface area contributed by atoms with Gasteiger partial charge in [0, 0.05) is 19.1 Å². The molecule has 3 atom stereocenters. The second-order valence-electron chi connectivity index (χ2n) is 8.03. The first-order chi connectivity index (χ1) is 9.82. The fraction of sp³-hybridized carbons (Fsp3) is 0.941. The summed E-state index contributed by atoms with van der Waals surface area (Å²) in [4.78, 5) is 14.4. The molecule has 0 aromatic rings. The van der Waals surface area contributed by atoms with E-state index in [4.69, 9.17) is 4.74 Å². The van der Waals surface area contributed by atoms with Crippen LogP contribution in [0.2, 0.25) is 0 Å². The number of carbonyl (C=O) groups is 1. The van der Waals surface area contributed by atoms with E-state index in [-0.39, 0.29) is 6.09 Å². The van der Waals surface area contributed by atoms with Crippen LogP contribution in [0, 0.1) is 11.8 Å². The summed E-state index contributed by atoms with van der Waals surface area (Å²) in [7, 11) is 0. The quantitative estimate of drug-likeness (QED) is 0.867. The Morgan fingerprint density at radius 2 is 2.05 bits per heavy atom. The first kappa shape index (κ1) is 16.6. The molecule has 1 aliphatic heterocycles. The highest BCUT2D eigenvalue weighted by Crippen LogP contribution is 2.28. The maximum Gasteiger partial charge on any atom is 0.407 e. The van der Waals surface area contributed by atoms with Gasteiger partial charge in [-0.3, -0.25) is 0 Å². The number of hydrogen-bond acceptors (Lipinski definition) is 3. The van der Waals surface area contributed by atoms with Gasteiger partial charge in [0.25, 0.3) is 0 Å². The van der Waals surface area contributed by atoms with Gasteiger partial charge in [0.2, 0.25) is 0 Å². The molecule has 4 heteroatoms. The van der Waals surface area contributed by atoms with Crippen LogP contribution in [0.15, 0.2) is 0 Å².